The highest BCUT2D eigenvalue weighted by Crippen LogP contribution is 2.26. The van der Waals surface area contributed by atoms with Gasteiger partial charge in [-0.25, -0.2) is 0 Å². The smallest absolute Gasteiger partial charge is 0.251 e. The van der Waals surface area contributed by atoms with Crippen LogP contribution in [0.4, 0.5) is 0 Å². The zero-order valence-electron chi connectivity index (χ0n) is 16.2. The summed E-state index contributed by atoms with van der Waals surface area (Å²) < 4.78 is 11.8. The van der Waals surface area contributed by atoms with Crippen LogP contribution < -0.4 is 11.1 Å². The molecule has 0 spiro atoms. The van der Waals surface area contributed by atoms with Crippen molar-refractivity contribution >= 4 is 18.3 Å². The van der Waals surface area contributed by atoms with E-state index in [-0.39, 0.29) is 36.6 Å². The second-order valence-electron chi connectivity index (χ2n) is 6.94. The van der Waals surface area contributed by atoms with E-state index >= 15 is 0 Å². The van der Waals surface area contributed by atoms with Crippen molar-refractivity contribution in [3.05, 3.63) is 71.3 Å². The first kappa shape index (κ1) is 22.4. The third kappa shape index (κ3) is 6.04. The second-order valence-corrected chi connectivity index (χ2v) is 6.94. The van der Waals surface area contributed by atoms with Gasteiger partial charge < -0.3 is 20.5 Å². The Balaban J connectivity index is 0.00000280. The summed E-state index contributed by atoms with van der Waals surface area (Å²) >= 11 is 0. The fourth-order valence-electron chi connectivity index (χ4n) is 3.31. The number of rotatable bonds is 7. The summed E-state index contributed by atoms with van der Waals surface area (Å²) in [5.41, 5.74) is 8.32. The molecule has 0 radical (unpaired) electrons. The van der Waals surface area contributed by atoms with Crippen molar-refractivity contribution in [2.75, 3.05) is 13.2 Å². The van der Waals surface area contributed by atoms with Crippen molar-refractivity contribution < 1.29 is 14.3 Å². The van der Waals surface area contributed by atoms with E-state index in [1.807, 2.05) is 49.4 Å². The molecule has 28 heavy (non-hydrogen) atoms. The zero-order chi connectivity index (χ0) is 19.1. The number of amides is 1. The average molecular weight is 405 g/mol. The summed E-state index contributed by atoms with van der Waals surface area (Å²) in [5.74, 6) is -0.109. The van der Waals surface area contributed by atoms with Crippen LogP contribution in [0.1, 0.15) is 47.4 Å². The van der Waals surface area contributed by atoms with Crippen LogP contribution in [0, 0.1) is 0 Å². The molecule has 6 heteroatoms. The number of nitrogens with two attached hydrogens (primary N) is 1. The number of ether oxygens (including phenoxy) is 2. The highest BCUT2D eigenvalue weighted by molar-refractivity contribution is 5.94. The molecule has 0 aromatic heterocycles. The van der Waals surface area contributed by atoms with Crippen LogP contribution in [0.15, 0.2) is 54.6 Å². The van der Waals surface area contributed by atoms with Gasteiger partial charge in [0.2, 0.25) is 0 Å². The molecular formula is C22H29ClN2O3. The molecule has 5 nitrogen and oxygen atoms in total. The topological polar surface area (TPSA) is 73.6 Å². The van der Waals surface area contributed by atoms with Crippen LogP contribution >= 0.6 is 12.4 Å². The molecule has 1 saturated heterocycles. The van der Waals surface area contributed by atoms with Crippen LogP contribution in [0.5, 0.6) is 0 Å². The summed E-state index contributed by atoms with van der Waals surface area (Å²) in [6.07, 6.45) is 1.70. The van der Waals surface area contributed by atoms with E-state index in [1.165, 1.54) is 0 Å². The number of hydrogen-bond donors (Lipinski definition) is 2. The van der Waals surface area contributed by atoms with Crippen LogP contribution in [0.2, 0.25) is 0 Å². The highest BCUT2D eigenvalue weighted by Gasteiger charge is 2.26. The van der Waals surface area contributed by atoms with Crippen molar-refractivity contribution in [3.8, 4) is 0 Å². The Labute approximate surface area is 173 Å². The molecule has 1 amide bonds. The van der Waals surface area contributed by atoms with Gasteiger partial charge in [-0.05, 0) is 43.0 Å². The first-order valence-electron chi connectivity index (χ1n) is 9.55. The Morgan fingerprint density at radius 2 is 1.79 bits per heavy atom. The number of carbonyl (C=O) groups excluding carboxylic acids is 1. The summed E-state index contributed by atoms with van der Waals surface area (Å²) in [4.78, 5) is 12.7. The van der Waals surface area contributed by atoms with Gasteiger partial charge in [-0.15, -0.1) is 12.4 Å². The Morgan fingerprint density at radius 3 is 2.39 bits per heavy atom. The SMILES string of the molecule is CC(NC(=O)c1ccc(CN)cc1)C(OC1CCOCC1)c1ccccc1.Cl. The lowest BCUT2D eigenvalue weighted by atomic mass is 10.0. The molecule has 3 rings (SSSR count). The van der Waals surface area contributed by atoms with Crippen LogP contribution in [-0.4, -0.2) is 31.3 Å². The minimum Gasteiger partial charge on any atom is -0.381 e. The predicted molar refractivity (Wildman–Crippen MR) is 113 cm³/mol. The molecule has 2 aromatic carbocycles. The molecule has 1 fully saturated rings. The molecule has 1 aliphatic rings. The first-order valence-corrected chi connectivity index (χ1v) is 9.55. The van der Waals surface area contributed by atoms with E-state index in [0.29, 0.717) is 12.1 Å². The average Bonchev–Trinajstić information content (AvgIpc) is 2.73. The van der Waals surface area contributed by atoms with E-state index in [9.17, 15) is 4.79 Å². The minimum absolute atomic E-state index is 0. The van der Waals surface area contributed by atoms with Gasteiger partial charge in [0.05, 0.1) is 12.1 Å². The maximum absolute atomic E-state index is 12.7. The molecule has 1 aliphatic heterocycles. The molecule has 1 heterocycles. The van der Waals surface area contributed by atoms with Crippen LogP contribution in [-0.2, 0) is 16.0 Å². The largest absolute Gasteiger partial charge is 0.381 e. The van der Waals surface area contributed by atoms with Crippen molar-refractivity contribution in [1.29, 1.82) is 0 Å². The maximum Gasteiger partial charge on any atom is 0.251 e. The Kier molecular flexibility index (Phi) is 8.93. The minimum atomic E-state index is -0.207. The molecular weight excluding hydrogens is 376 g/mol. The molecule has 2 aromatic rings. The van der Waals surface area contributed by atoms with Gasteiger partial charge in [0.25, 0.3) is 5.91 Å². The molecule has 3 N–H and O–H groups in total. The summed E-state index contributed by atoms with van der Waals surface area (Å²) in [6.45, 7) is 3.90. The molecule has 152 valence electrons. The van der Waals surface area contributed by atoms with Crippen molar-refractivity contribution in [3.63, 3.8) is 0 Å². The van der Waals surface area contributed by atoms with Crippen LogP contribution in [0.25, 0.3) is 0 Å². The lowest BCUT2D eigenvalue weighted by molar-refractivity contribution is -0.0785. The zero-order valence-corrected chi connectivity index (χ0v) is 17.0. The number of halogens is 1. The molecule has 0 aliphatic carbocycles. The van der Waals surface area contributed by atoms with Gasteiger partial charge in [0.15, 0.2) is 0 Å². The lowest BCUT2D eigenvalue weighted by Crippen LogP contribution is -2.40. The van der Waals surface area contributed by atoms with Gasteiger partial charge in [0.1, 0.15) is 6.10 Å². The normalized spacial score (nSPS) is 16.6. The standard InChI is InChI=1S/C22H28N2O3.ClH/c1-16(24-22(25)19-9-7-17(15-23)8-10-19)21(18-5-3-2-4-6-18)27-20-11-13-26-14-12-20;/h2-10,16,20-21H,11-15,23H2,1H3,(H,24,25);1H. The number of benzene rings is 2. The Hall–Kier alpha value is -1.92. The van der Waals surface area contributed by atoms with E-state index < -0.39 is 0 Å². The summed E-state index contributed by atoms with van der Waals surface area (Å²) in [6, 6.07) is 17.3. The molecule has 0 bridgehead atoms. The van der Waals surface area contributed by atoms with E-state index in [2.05, 4.69) is 5.32 Å². The summed E-state index contributed by atoms with van der Waals surface area (Å²) in [7, 11) is 0. The molecule has 2 atom stereocenters. The fraction of sp³-hybridized carbons (Fsp3) is 0.409. The third-order valence-corrected chi connectivity index (χ3v) is 4.90. The molecule has 2 unspecified atom stereocenters. The van der Waals surface area contributed by atoms with Crippen molar-refractivity contribution in [2.24, 2.45) is 5.73 Å². The highest BCUT2D eigenvalue weighted by atomic mass is 35.5. The Bertz CT molecular complexity index is 718. The van der Waals surface area contributed by atoms with Crippen molar-refractivity contribution in [2.45, 2.75) is 44.6 Å². The van der Waals surface area contributed by atoms with Gasteiger partial charge in [-0.2, -0.15) is 0 Å². The molecule has 0 saturated carbocycles. The van der Waals surface area contributed by atoms with Gasteiger partial charge in [-0.3, -0.25) is 4.79 Å². The van der Waals surface area contributed by atoms with E-state index in [1.54, 1.807) is 12.1 Å². The third-order valence-electron chi connectivity index (χ3n) is 4.90. The quantitative estimate of drug-likeness (QED) is 0.739. The second kappa shape index (κ2) is 11.2. The number of hydrogen-bond acceptors (Lipinski definition) is 4. The van der Waals surface area contributed by atoms with E-state index in [4.69, 9.17) is 15.2 Å². The fourth-order valence-corrected chi connectivity index (χ4v) is 3.31. The number of nitrogens with one attached hydrogen (secondary N) is 1. The van der Waals surface area contributed by atoms with Gasteiger partial charge in [0, 0.05) is 25.3 Å². The van der Waals surface area contributed by atoms with Crippen molar-refractivity contribution in [1.82, 2.24) is 5.32 Å². The Morgan fingerprint density at radius 1 is 1.14 bits per heavy atom. The van der Waals surface area contributed by atoms with Gasteiger partial charge >= 0.3 is 0 Å². The first-order chi connectivity index (χ1) is 13.2. The number of carbonyl (C=O) groups is 1. The maximum atomic E-state index is 12.7. The monoisotopic (exact) mass is 404 g/mol. The van der Waals surface area contributed by atoms with Gasteiger partial charge in [-0.1, -0.05) is 42.5 Å². The summed E-state index contributed by atoms with van der Waals surface area (Å²) in [5, 5.41) is 3.10. The van der Waals surface area contributed by atoms with Crippen LogP contribution in [0.3, 0.4) is 0 Å². The predicted octanol–water partition coefficient (Wildman–Crippen LogP) is 3.62. The lowest BCUT2D eigenvalue weighted by Gasteiger charge is -2.32. The van der Waals surface area contributed by atoms with E-state index in [0.717, 1.165) is 37.2 Å².